The van der Waals surface area contributed by atoms with Crippen LogP contribution in [-0.2, 0) is 26.3 Å². The molecular formula is C29H31ClN4O5S. The van der Waals surface area contributed by atoms with Gasteiger partial charge in [-0.1, -0.05) is 54.8 Å². The van der Waals surface area contributed by atoms with E-state index < -0.39 is 40.0 Å². The molecule has 2 N–H and O–H groups in total. The summed E-state index contributed by atoms with van der Waals surface area (Å²) in [6, 6.07) is 16.0. The Morgan fingerprint density at radius 2 is 1.75 bits per heavy atom. The molecule has 1 aliphatic carbocycles. The van der Waals surface area contributed by atoms with Crippen LogP contribution in [0.2, 0.25) is 5.02 Å². The smallest absolute Gasteiger partial charge is 0.255 e. The number of rotatable bonds is 8. The predicted molar refractivity (Wildman–Crippen MR) is 151 cm³/mol. The monoisotopic (exact) mass is 582 g/mol. The van der Waals surface area contributed by atoms with Crippen molar-refractivity contribution in [2.75, 3.05) is 6.26 Å². The van der Waals surface area contributed by atoms with Crippen LogP contribution in [-0.4, -0.2) is 48.5 Å². The lowest BCUT2D eigenvalue weighted by Crippen LogP contribution is -2.59. The number of halogens is 1. The molecule has 0 saturated heterocycles. The summed E-state index contributed by atoms with van der Waals surface area (Å²) in [6.07, 6.45) is 7.25. The second-order valence-corrected chi connectivity index (χ2v) is 12.4. The zero-order chi connectivity index (χ0) is 28.3. The average molecular weight is 583 g/mol. The van der Waals surface area contributed by atoms with Gasteiger partial charge in [0.25, 0.3) is 11.8 Å². The summed E-state index contributed by atoms with van der Waals surface area (Å²) in [5.74, 6) is -1.49. The minimum Gasteiger partial charge on any atom is -0.326 e. The van der Waals surface area contributed by atoms with E-state index in [0.717, 1.165) is 24.7 Å². The number of aromatic nitrogens is 1. The molecule has 1 aromatic heterocycles. The van der Waals surface area contributed by atoms with Gasteiger partial charge in [-0.25, -0.2) is 18.6 Å². The standard InChI is InChI=1S/C29H31ClN4O5S/c1-40(37,38)33-24-8-4-5-9-25(24)34-27(20-10-12-21(30)13-11-20)26(22-6-2-3-7-23(22)29(34)36)28(35)32-39-18-19-14-16-31-17-15-19/h2-3,6-7,10-17,24-27,33H,4-5,8-9,18H2,1H3,(H,32,35)/t24-,25-,26+,27-/m0/s1. The fourth-order valence-corrected chi connectivity index (χ4v) is 6.75. The molecule has 0 unspecified atom stereocenters. The Labute approximate surface area is 238 Å². The number of sulfonamides is 1. The number of hydroxylamine groups is 1. The third-order valence-electron chi connectivity index (χ3n) is 7.48. The van der Waals surface area contributed by atoms with E-state index in [2.05, 4.69) is 15.2 Å². The zero-order valence-electron chi connectivity index (χ0n) is 22.0. The number of hydrogen-bond acceptors (Lipinski definition) is 6. The molecule has 1 aliphatic heterocycles. The fraction of sp³-hybridized carbons (Fsp3) is 0.345. The molecule has 1 fully saturated rings. The maximum absolute atomic E-state index is 14.2. The third-order valence-corrected chi connectivity index (χ3v) is 8.47. The number of pyridine rings is 1. The van der Waals surface area contributed by atoms with Gasteiger partial charge in [0.05, 0.1) is 24.8 Å². The first-order valence-corrected chi connectivity index (χ1v) is 15.4. The largest absolute Gasteiger partial charge is 0.326 e. The van der Waals surface area contributed by atoms with E-state index in [4.69, 9.17) is 16.4 Å². The maximum atomic E-state index is 14.2. The van der Waals surface area contributed by atoms with Gasteiger partial charge in [0.2, 0.25) is 10.0 Å². The molecule has 2 aromatic carbocycles. The molecule has 1 saturated carbocycles. The molecule has 0 spiro atoms. The minimum atomic E-state index is -3.54. The van der Waals surface area contributed by atoms with Crippen molar-refractivity contribution in [3.05, 3.63) is 100 Å². The normalized spacial score (nSPS) is 22.9. The summed E-state index contributed by atoms with van der Waals surface area (Å²) in [7, 11) is -3.54. The SMILES string of the molecule is CS(=O)(=O)N[C@H]1CCCC[C@@H]1N1C(=O)c2ccccc2[C@@H](C(=O)NOCc2ccncc2)[C@@H]1c1ccc(Cl)cc1. The highest BCUT2D eigenvalue weighted by Gasteiger charge is 2.49. The Kier molecular flexibility index (Phi) is 8.51. The molecule has 11 heteroatoms. The number of nitrogens with one attached hydrogen (secondary N) is 2. The van der Waals surface area contributed by atoms with E-state index in [1.54, 1.807) is 78.0 Å². The highest BCUT2D eigenvalue weighted by Crippen LogP contribution is 2.46. The minimum absolute atomic E-state index is 0.139. The van der Waals surface area contributed by atoms with Crippen molar-refractivity contribution >= 4 is 33.4 Å². The molecule has 2 amide bonds. The van der Waals surface area contributed by atoms with Crippen LogP contribution in [0.3, 0.4) is 0 Å². The summed E-state index contributed by atoms with van der Waals surface area (Å²) in [5.41, 5.74) is 5.14. The van der Waals surface area contributed by atoms with Crippen LogP contribution < -0.4 is 10.2 Å². The van der Waals surface area contributed by atoms with Gasteiger partial charge in [-0.15, -0.1) is 0 Å². The van der Waals surface area contributed by atoms with E-state index in [1.807, 2.05) is 0 Å². The van der Waals surface area contributed by atoms with Crippen LogP contribution in [0.4, 0.5) is 0 Å². The number of nitrogens with zero attached hydrogens (tertiary/aromatic N) is 2. The molecule has 5 rings (SSSR count). The van der Waals surface area contributed by atoms with E-state index >= 15 is 0 Å². The molecule has 0 radical (unpaired) electrons. The van der Waals surface area contributed by atoms with Crippen molar-refractivity contribution in [2.45, 2.75) is 56.3 Å². The first-order valence-electron chi connectivity index (χ1n) is 13.2. The highest BCUT2D eigenvalue weighted by atomic mass is 35.5. The quantitative estimate of drug-likeness (QED) is 0.386. The van der Waals surface area contributed by atoms with Crippen LogP contribution in [0.5, 0.6) is 0 Å². The lowest BCUT2D eigenvalue weighted by molar-refractivity contribution is -0.138. The first-order chi connectivity index (χ1) is 19.2. The average Bonchev–Trinajstić information content (AvgIpc) is 2.94. The molecule has 40 heavy (non-hydrogen) atoms. The van der Waals surface area contributed by atoms with Crippen molar-refractivity contribution in [3.8, 4) is 0 Å². The van der Waals surface area contributed by atoms with Crippen molar-refractivity contribution in [2.24, 2.45) is 0 Å². The molecule has 9 nitrogen and oxygen atoms in total. The summed E-state index contributed by atoms with van der Waals surface area (Å²) < 4.78 is 27.3. The van der Waals surface area contributed by atoms with Gasteiger partial charge in [0, 0.05) is 35.1 Å². The third kappa shape index (κ3) is 6.20. The van der Waals surface area contributed by atoms with Gasteiger partial charge in [-0.2, -0.15) is 0 Å². The first kappa shape index (κ1) is 28.2. The van der Waals surface area contributed by atoms with Crippen molar-refractivity contribution in [1.29, 1.82) is 0 Å². The number of benzene rings is 2. The van der Waals surface area contributed by atoms with E-state index in [9.17, 15) is 18.0 Å². The Bertz CT molecular complexity index is 1470. The molecule has 2 aliphatic rings. The summed E-state index contributed by atoms with van der Waals surface area (Å²) in [6.45, 7) is 0.139. The summed E-state index contributed by atoms with van der Waals surface area (Å²) in [5, 5.41) is 0.522. The lowest BCUT2D eigenvalue weighted by atomic mass is 9.76. The number of carbonyl (C=O) groups is 2. The van der Waals surface area contributed by atoms with Gasteiger partial charge in [0.1, 0.15) is 0 Å². The van der Waals surface area contributed by atoms with E-state index in [0.29, 0.717) is 34.6 Å². The number of carbonyl (C=O) groups excluding carboxylic acids is 2. The van der Waals surface area contributed by atoms with Crippen LogP contribution >= 0.6 is 11.6 Å². The fourth-order valence-electron chi connectivity index (χ4n) is 5.80. The molecule has 3 aromatic rings. The van der Waals surface area contributed by atoms with Gasteiger partial charge in [-0.3, -0.25) is 19.4 Å². The van der Waals surface area contributed by atoms with Crippen molar-refractivity contribution in [3.63, 3.8) is 0 Å². The van der Waals surface area contributed by atoms with Crippen LogP contribution in [0, 0.1) is 0 Å². The van der Waals surface area contributed by atoms with Crippen LogP contribution in [0.1, 0.15) is 64.7 Å². The highest BCUT2D eigenvalue weighted by molar-refractivity contribution is 7.88. The van der Waals surface area contributed by atoms with Gasteiger partial charge < -0.3 is 4.90 Å². The Hall–Kier alpha value is -3.31. The molecule has 210 valence electrons. The Morgan fingerprint density at radius 1 is 1.05 bits per heavy atom. The zero-order valence-corrected chi connectivity index (χ0v) is 23.6. The van der Waals surface area contributed by atoms with Crippen LogP contribution in [0.15, 0.2) is 73.1 Å². The molecule has 4 atom stereocenters. The second-order valence-electron chi connectivity index (χ2n) is 10.2. The maximum Gasteiger partial charge on any atom is 0.255 e. The van der Waals surface area contributed by atoms with Gasteiger partial charge in [0.15, 0.2) is 0 Å². The summed E-state index contributed by atoms with van der Waals surface area (Å²) in [4.78, 5) is 39.4. The van der Waals surface area contributed by atoms with Crippen molar-refractivity contribution < 1.29 is 22.8 Å². The van der Waals surface area contributed by atoms with E-state index in [1.165, 1.54) is 0 Å². The Morgan fingerprint density at radius 3 is 2.48 bits per heavy atom. The lowest BCUT2D eigenvalue weighted by Gasteiger charge is -2.49. The number of hydrogen-bond donors (Lipinski definition) is 2. The van der Waals surface area contributed by atoms with Gasteiger partial charge >= 0.3 is 0 Å². The van der Waals surface area contributed by atoms with Crippen molar-refractivity contribution in [1.82, 2.24) is 20.1 Å². The van der Waals surface area contributed by atoms with E-state index in [-0.39, 0.29) is 12.5 Å². The molecule has 0 bridgehead atoms. The molecular weight excluding hydrogens is 552 g/mol. The predicted octanol–water partition coefficient (Wildman–Crippen LogP) is 4.12. The molecule has 2 heterocycles. The van der Waals surface area contributed by atoms with Gasteiger partial charge in [-0.05, 0) is 59.9 Å². The summed E-state index contributed by atoms with van der Waals surface area (Å²) >= 11 is 6.21. The Balaban J connectivity index is 1.57. The van der Waals surface area contributed by atoms with Crippen LogP contribution in [0.25, 0.3) is 0 Å². The topological polar surface area (TPSA) is 118 Å². The second kappa shape index (κ2) is 12.1. The number of amides is 2. The number of fused-ring (bicyclic) bond motifs is 1.